The second kappa shape index (κ2) is 12.4. The maximum Gasteiger partial charge on any atom is 0.164 e. The van der Waals surface area contributed by atoms with Crippen molar-refractivity contribution in [3.63, 3.8) is 0 Å². The summed E-state index contributed by atoms with van der Waals surface area (Å²) in [6.45, 7) is 0. The third-order valence-corrected chi connectivity index (χ3v) is 13.9. The van der Waals surface area contributed by atoms with Gasteiger partial charge in [-0.05, 0) is 117 Å². The topological polar surface area (TPSA) is 38.7 Å². The average molecular weight is 720 g/mol. The lowest BCUT2D eigenvalue weighted by Gasteiger charge is -2.61. The Hall–Kier alpha value is -6.19. The minimum absolute atomic E-state index is 0.0390. The Morgan fingerprint density at radius 1 is 0.375 bits per heavy atom. The summed E-state index contributed by atoms with van der Waals surface area (Å²) >= 11 is 0. The van der Waals surface area contributed by atoms with Crippen molar-refractivity contribution >= 4 is 10.8 Å². The van der Waals surface area contributed by atoms with Crippen LogP contribution in [0.4, 0.5) is 0 Å². The molecule has 268 valence electrons. The van der Waals surface area contributed by atoms with Crippen molar-refractivity contribution in [1.82, 2.24) is 15.0 Å². The van der Waals surface area contributed by atoms with Gasteiger partial charge in [0.1, 0.15) is 0 Å². The first-order chi connectivity index (χ1) is 27.7. The molecule has 13 rings (SSSR count). The lowest BCUT2D eigenvalue weighted by Crippen LogP contribution is -2.55. The average Bonchev–Trinajstić information content (AvgIpc) is 3.56. The predicted molar refractivity (Wildman–Crippen MR) is 228 cm³/mol. The summed E-state index contributed by atoms with van der Waals surface area (Å²) in [5.41, 5.74) is 13.8. The molecule has 0 N–H and O–H groups in total. The quantitative estimate of drug-likeness (QED) is 0.178. The summed E-state index contributed by atoms with van der Waals surface area (Å²) in [5, 5.41) is 2.71. The maximum atomic E-state index is 5.29. The Labute approximate surface area is 328 Å². The first-order valence-electron chi connectivity index (χ1n) is 20.4. The summed E-state index contributed by atoms with van der Waals surface area (Å²) in [6, 6.07) is 59.5. The van der Waals surface area contributed by atoms with Crippen LogP contribution in [0.25, 0.3) is 78.3 Å². The van der Waals surface area contributed by atoms with E-state index in [9.17, 15) is 0 Å². The Morgan fingerprint density at radius 3 is 1.41 bits per heavy atom. The van der Waals surface area contributed by atoms with Gasteiger partial charge in [0, 0.05) is 22.1 Å². The van der Waals surface area contributed by atoms with Crippen LogP contribution in [-0.2, 0) is 5.41 Å². The zero-order chi connectivity index (χ0) is 36.8. The minimum atomic E-state index is 0.0390. The molecule has 0 amide bonds. The lowest BCUT2D eigenvalue weighted by molar-refractivity contribution is -0.0399. The Morgan fingerprint density at radius 2 is 0.839 bits per heavy atom. The van der Waals surface area contributed by atoms with Gasteiger partial charge >= 0.3 is 0 Å². The van der Waals surface area contributed by atoms with Crippen LogP contribution in [0, 0.1) is 23.7 Å². The van der Waals surface area contributed by atoms with Crippen molar-refractivity contribution in [2.45, 2.75) is 37.5 Å². The first kappa shape index (κ1) is 32.1. The van der Waals surface area contributed by atoms with Crippen LogP contribution in [-0.4, -0.2) is 15.0 Å². The van der Waals surface area contributed by atoms with Gasteiger partial charge in [0.25, 0.3) is 0 Å². The molecule has 56 heavy (non-hydrogen) atoms. The lowest BCUT2D eigenvalue weighted by atomic mass is 9.43. The molecule has 8 aromatic rings. The van der Waals surface area contributed by atoms with Gasteiger partial charge in [-0.3, -0.25) is 0 Å². The van der Waals surface area contributed by atoms with Gasteiger partial charge in [0.2, 0.25) is 0 Å². The monoisotopic (exact) mass is 719 g/mol. The molecule has 3 heteroatoms. The Balaban J connectivity index is 1.03. The van der Waals surface area contributed by atoms with E-state index in [1.165, 1.54) is 81.8 Å². The van der Waals surface area contributed by atoms with Crippen LogP contribution in [0.1, 0.15) is 43.2 Å². The van der Waals surface area contributed by atoms with E-state index in [2.05, 4.69) is 164 Å². The highest BCUT2D eigenvalue weighted by Gasteiger charge is 2.61. The van der Waals surface area contributed by atoms with Gasteiger partial charge in [-0.15, -0.1) is 0 Å². The highest BCUT2D eigenvalue weighted by Crippen LogP contribution is 2.70. The third kappa shape index (κ3) is 4.86. The van der Waals surface area contributed by atoms with E-state index in [-0.39, 0.29) is 5.41 Å². The van der Waals surface area contributed by atoms with Gasteiger partial charge in [0.15, 0.2) is 17.5 Å². The van der Waals surface area contributed by atoms with Crippen LogP contribution in [0.15, 0.2) is 164 Å². The predicted octanol–water partition coefficient (Wildman–Crippen LogP) is 13.1. The molecule has 1 heterocycles. The molecule has 0 saturated heterocycles. The van der Waals surface area contributed by atoms with Crippen molar-refractivity contribution in [3.8, 4) is 67.5 Å². The molecule has 0 aliphatic heterocycles. The van der Waals surface area contributed by atoms with Crippen molar-refractivity contribution < 1.29 is 0 Å². The Bertz CT molecular complexity index is 2660. The van der Waals surface area contributed by atoms with Crippen LogP contribution < -0.4 is 0 Å². The van der Waals surface area contributed by atoms with Crippen molar-refractivity contribution in [1.29, 1.82) is 0 Å². The standard InChI is InChI=1S/C53H41N3/c1-3-9-35(10-4-1)37-15-19-40(20-16-37)50-54-51(41-21-17-38(18-22-41)36-11-5-2-6-12-36)56-52(55-50)42-23-25-46-48(32-42)53(43-28-33-27-34(30-43)31-44(53)29-33)47-26-24-39-13-7-8-14-45(39)49(46)47/h1-26,32-34,43-44H,27-31H2. The fourth-order valence-corrected chi connectivity index (χ4v) is 11.8. The molecule has 5 aliphatic rings. The molecule has 4 bridgehead atoms. The second-order valence-corrected chi connectivity index (χ2v) is 16.8. The van der Waals surface area contributed by atoms with Gasteiger partial charge in [-0.25, -0.2) is 15.0 Å². The third-order valence-electron chi connectivity index (χ3n) is 13.9. The summed E-state index contributed by atoms with van der Waals surface area (Å²) in [7, 11) is 0. The van der Waals surface area contributed by atoms with E-state index in [1.54, 1.807) is 5.56 Å². The number of fused-ring (bicyclic) bond motifs is 5. The molecular formula is C53H41N3. The minimum Gasteiger partial charge on any atom is -0.208 e. The van der Waals surface area contributed by atoms with E-state index >= 15 is 0 Å². The van der Waals surface area contributed by atoms with Gasteiger partial charge in [-0.2, -0.15) is 0 Å². The zero-order valence-electron chi connectivity index (χ0n) is 31.3. The molecule has 1 aromatic heterocycles. The number of hydrogen-bond donors (Lipinski definition) is 0. The normalized spacial score (nSPS) is 22.7. The van der Waals surface area contributed by atoms with Crippen LogP contribution >= 0.6 is 0 Å². The number of hydrogen-bond acceptors (Lipinski definition) is 3. The smallest absolute Gasteiger partial charge is 0.164 e. The number of benzene rings is 7. The fraction of sp³-hybridized carbons (Fsp3) is 0.189. The molecule has 4 fully saturated rings. The second-order valence-electron chi connectivity index (χ2n) is 16.8. The van der Waals surface area contributed by atoms with Crippen molar-refractivity contribution in [2.24, 2.45) is 23.7 Å². The van der Waals surface area contributed by atoms with Crippen molar-refractivity contribution in [2.75, 3.05) is 0 Å². The summed E-state index contributed by atoms with van der Waals surface area (Å²) < 4.78 is 0. The molecule has 3 nitrogen and oxygen atoms in total. The SMILES string of the molecule is c1ccc(-c2ccc(-c3nc(-c4ccc(-c5ccccc5)cc4)nc(-c4ccc5c(c4)C4(c6ccc7ccccc7c6-5)C5CC6CC(C5)CC4C6)n3)cc2)cc1. The van der Waals surface area contributed by atoms with Crippen LogP contribution in [0.2, 0.25) is 0 Å². The van der Waals surface area contributed by atoms with E-state index < -0.39 is 0 Å². The molecule has 0 unspecified atom stereocenters. The Kier molecular flexibility index (Phi) is 7.11. The van der Waals surface area contributed by atoms with Gasteiger partial charge in [0.05, 0.1) is 0 Å². The van der Waals surface area contributed by atoms with E-state index in [0.717, 1.165) is 34.4 Å². The van der Waals surface area contributed by atoms with E-state index in [0.29, 0.717) is 23.5 Å². The molecule has 0 atom stereocenters. The van der Waals surface area contributed by atoms with Gasteiger partial charge < -0.3 is 0 Å². The molecule has 4 saturated carbocycles. The fourth-order valence-electron chi connectivity index (χ4n) is 11.8. The number of nitrogens with zero attached hydrogens (tertiary/aromatic N) is 3. The number of rotatable bonds is 5. The highest BCUT2D eigenvalue weighted by molar-refractivity contribution is 6.03. The first-order valence-corrected chi connectivity index (χ1v) is 20.4. The van der Waals surface area contributed by atoms with Gasteiger partial charge in [-0.1, -0.05) is 158 Å². The molecule has 1 spiro atoms. The zero-order valence-corrected chi connectivity index (χ0v) is 31.3. The summed E-state index contributed by atoms with van der Waals surface area (Å²) in [5.74, 6) is 5.22. The van der Waals surface area contributed by atoms with Crippen LogP contribution in [0.5, 0.6) is 0 Å². The largest absolute Gasteiger partial charge is 0.208 e. The molecule has 7 aromatic carbocycles. The number of aromatic nitrogens is 3. The van der Waals surface area contributed by atoms with E-state index in [4.69, 9.17) is 15.0 Å². The van der Waals surface area contributed by atoms with Crippen molar-refractivity contribution in [3.05, 3.63) is 175 Å². The summed E-state index contributed by atoms with van der Waals surface area (Å²) in [4.78, 5) is 15.8. The van der Waals surface area contributed by atoms with E-state index in [1.807, 2.05) is 0 Å². The summed E-state index contributed by atoms with van der Waals surface area (Å²) in [6.07, 6.45) is 6.83. The highest BCUT2D eigenvalue weighted by atomic mass is 15.0. The molecule has 0 radical (unpaired) electrons. The molecule has 5 aliphatic carbocycles. The molecular weight excluding hydrogens is 679 g/mol. The van der Waals surface area contributed by atoms with Crippen LogP contribution in [0.3, 0.4) is 0 Å². The maximum absolute atomic E-state index is 5.29.